The van der Waals surface area contributed by atoms with Crippen molar-refractivity contribution in [1.29, 1.82) is 0 Å². The van der Waals surface area contributed by atoms with Gasteiger partial charge in [-0.3, -0.25) is 4.79 Å². The highest BCUT2D eigenvalue weighted by Crippen LogP contribution is 2.24. The first-order valence-electron chi connectivity index (χ1n) is 9.38. The predicted octanol–water partition coefficient (Wildman–Crippen LogP) is 4.73. The van der Waals surface area contributed by atoms with Crippen molar-refractivity contribution in [2.75, 3.05) is 0 Å². The third-order valence-electron chi connectivity index (χ3n) is 4.58. The maximum Gasteiger partial charge on any atom is 0.239 e. The van der Waals surface area contributed by atoms with Crippen molar-refractivity contribution in [2.24, 2.45) is 10.2 Å². The van der Waals surface area contributed by atoms with Crippen LogP contribution < -0.4 is 5.32 Å². The number of amidine groups is 1. The van der Waals surface area contributed by atoms with E-state index >= 15 is 0 Å². The number of thioether (sulfide) groups is 1. The standard InChI is InChI=1S/C23H21N3O2S/c1-15-6-8-18(9-7-15)20-11-10-19(28-20)14-24-26-23-25-22(27)21(29-23)13-17-5-3-4-16(2)12-17/h3-12,14,21H,13H2,1-2H3,(H,25,26,27). The van der Waals surface area contributed by atoms with Gasteiger partial charge in [0.05, 0.1) is 11.5 Å². The highest BCUT2D eigenvalue weighted by atomic mass is 32.2. The van der Waals surface area contributed by atoms with Crippen molar-refractivity contribution in [3.63, 3.8) is 0 Å². The maximum absolute atomic E-state index is 12.2. The quantitative estimate of drug-likeness (QED) is 0.495. The molecule has 0 aliphatic carbocycles. The van der Waals surface area contributed by atoms with Gasteiger partial charge in [0.15, 0.2) is 5.17 Å². The Hall–Kier alpha value is -3.12. The second-order valence-electron chi connectivity index (χ2n) is 7.01. The monoisotopic (exact) mass is 403 g/mol. The van der Waals surface area contributed by atoms with E-state index in [2.05, 4.69) is 28.5 Å². The van der Waals surface area contributed by atoms with E-state index in [1.165, 1.54) is 22.9 Å². The number of amides is 1. The molecule has 0 radical (unpaired) electrons. The lowest BCUT2D eigenvalue weighted by Gasteiger charge is -2.05. The second kappa shape index (κ2) is 8.49. The first kappa shape index (κ1) is 19.2. The summed E-state index contributed by atoms with van der Waals surface area (Å²) < 4.78 is 5.79. The fraction of sp³-hybridized carbons (Fsp3) is 0.174. The van der Waals surface area contributed by atoms with E-state index in [1.807, 2.05) is 61.5 Å². The molecule has 2 heterocycles. The summed E-state index contributed by atoms with van der Waals surface area (Å²) >= 11 is 1.40. The molecule has 29 heavy (non-hydrogen) atoms. The van der Waals surface area contributed by atoms with Crippen LogP contribution in [0.15, 0.2) is 75.3 Å². The summed E-state index contributed by atoms with van der Waals surface area (Å²) in [4.78, 5) is 12.2. The topological polar surface area (TPSA) is 67.0 Å². The molecular formula is C23H21N3O2S. The Kier molecular flexibility index (Phi) is 5.62. The average Bonchev–Trinajstić information content (AvgIpc) is 3.30. The third-order valence-corrected chi connectivity index (χ3v) is 5.65. The second-order valence-corrected chi connectivity index (χ2v) is 8.20. The Morgan fingerprint density at radius 1 is 1.07 bits per heavy atom. The lowest BCUT2D eigenvalue weighted by atomic mass is 10.1. The number of nitrogens with zero attached hydrogens (tertiary/aromatic N) is 2. The van der Waals surface area contributed by atoms with Crippen molar-refractivity contribution in [2.45, 2.75) is 25.5 Å². The molecule has 1 unspecified atom stereocenters. The van der Waals surface area contributed by atoms with E-state index in [1.54, 1.807) is 6.21 Å². The van der Waals surface area contributed by atoms with Crippen molar-refractivity contribution in [3.8, 4) is 11.3 Å². The van der Waals surface area contributed by atoms with Crippen LogP contribution >= 0.6 is 11.8 Å². The van der Waals surface area contributed by atoms with Crippen molar-refractivity contribution in [3.05, 3.63) is 83.1 Å². The molecule has 1 fully saturated rings. The molecule has 0 bridgehead atoms. The largest absolute Gasteiger partial charge is 0.455 e. The molecule has 1 saturated heterocycles. The van der Waals surface area contributed by atoms with E-state index < -0.39 is 0 Å². The minimum atomic E-state index is -0.192. The first-order chi connectivity index (χ1) is 14.1. The molecule has 1 amide bonds. The van der Waals surface area contributed by atoms with Gasteiger partial charge in [-0.05, 0) is 38.0 Å². The minimum absolute atomic E-state index is 0.0369. The van der Waals surface area contributed by atoms with Gasteiger partial charge in [-0.15, -0.1) is 5.10 Å². The van der Waals surface area contributed by atoms with Gasteiger partial charge < -0.3 is 9.73 Å². The van der Waals surface area contributed by atoms with Crippen molar-refractivity contribution in [1.82, 2.24) is 5.32 Å². The summed E-state index contributed by atoms with van der Waals surface area (Å²) in [5.74, 6) is 1.35. The Balaban J connectivity index is 1.38. The van der Waals surface area contributed by atoms with Gasteiger partial charge in [-0.25, -0.2) is 0 Å². The van der Waals surface area contributed by atoms with Gasteiger partial charge in [0, 0.05) is 5.56 Å². The molecule has 4 rings (SSSR count). The summed E-state index contributed by atoms with van der Waals surface area (Å²) in [5, 5.41) is 11.3. The third kappa shape index (κ3) is 4.84. The number of benzene rings is 2. The van der Waals surface area contributed by atoms with E-state index in [0.29, 0.717) is 17.3 Å². The van der Waals surface area contributed by atoms with E-state index in [4.69, 9.17) is 4.42 Å². The van der Waals surface area contributed by atoms with Crippen molar-refractivity contribution >= 4 is 29.1 Å². The first-order valence-corrected chi connectivity index (χ1v) is 10.3. The van der Waals surface area contributed by atoms with E-state index in [9.17, 15) is 4.79 Å². The predicted molar refractivity (Wildman–Crippen MR) is 118 cm³/mol. The molecule has 1 aliphatic heterocycles. The minimum Gasteiger partial charge on any atom is -0.455 e. The van der Waals surface area contributed by atoms with Crippen LogP contribution in [0.5, 0.6) is 0 Å². The fourth-order valence-electron chi connectivity index (χ4n) is 3.07. The highest BCUT2D eigenvalue weighted by molar-refractivity contribution is 8.15. The molecule has 2 aromatic carbocycles. The van der Waals surface area contributed by atoms with Gasteiger partial charge in [0.2, 0.25) is 5.91 Å². The Bertz CT molecular complexity index is 1080. The molecule has 5 nitrogen and oxygen atoms in total. The average molecular weight is 404 g/mol. The number of carbonyl (C=O) groups is 1. The van der Waals surface area contributed by atoms with Gasteiger partial charge >= 0.3 is 0 Å². The molecule has 1 N–H and O–H groups in total. The fourth-order valence-corrected chi connectivity index (χ4v) is 4.04. The summed E-state index contributed by atoms with van der Waals surface area (Å²) in [6.07, 6.45) is 2.21. The smallest absolute Gasteiger partial charge is 0.239 e. The van der Waals surface area contributed by atoms with Crippen LogP contribution in [-0.4, -0.2) is 22.5 Å². The summed E-state index contributed by atoms with van der Waals surface area (Å²) in [5.41, 5.74) is 4.54. The molecule has 146 valence electrons. The van der Waals surface area contributed by atoms with Crippen LogP contribution in [0.25, 0.3) is 11.3 Å². The molecule has 6 heteroatoms. The van der Waals surface area contributed by atoms with Gasteiger partial charge in [-0.1, -0.05) is 71.4 Å². The molecule has 0 saturated carbocycles. The Labute approximate surface area is 173 Å². The molecule has 1 aliphatic rings. The summed E-state index contributed by atoms with van der Waals surface area (Å²) in [7, 11) is 0. The van der Waals surface area contributed by atoms with Crippen LogP contribution in [0.1, 0.15) is 22.5 Å². The Morgan fingerprint density at radius 2 is 1.90 bits per heavy atom. The van der Waals surface area contributed by atoms with Gasteiger partial charge in [0.1, 0.15) is 11.5 Å². The normalized spacial score (nSPS) is 17.9. The van der Waals surface area contributed by atoms with Crippen LogP contribution in [0.2, 0.25) is 0 Å². The molecule has 3 aromatic rings. The number of hydrogen-bond donors (Lipinski definition) is 1. The van der Waals surface area contributed by atoms with Crippen LogP contribution in [0.4, 0.5) is 0 Å². The molecule has 0 spiro atoms. The number of carbonyl (C=O) groups excluding carboxylic acids is 1. The zero-order valence-corrected chi connectivity index (χ0v) is 17.1. The van der Waals surface area contributed by atoms with Crippen LogP contribution in [-0.2, 0) is 11.2 Å². The number of hydrogen-bond acceptors (Lipinski definition) is 5. The summed E-state index contributed by atoms with van der Waals surface area (Å²) in [6, 6.07) is 20.1. The number of furan rings is 1. The zero-order chi connectivity index (χ0) is 20.2. The van der Waals surface area contributed by atoms with Crippen molar-refractivity contribution < 1.29 is 9.21 Å². The van der Waals surface area contributed by atoms with E-state index in [-0.39, 0.29) is 11.2 Å². The Morgan fingerprint density at radius 3 is 2.69 bits per heavy atom. The number of rotatable bonds is 5. The molecule has 1 atom stereocenters. The SMILES string of the molecule is Cc1ccc(-c2ccc(C=N/N=C3\NC(=O)C(Cc4cccc(C)c4)S3)o2)cc1. The maximum atomic E-state index is 12.2. The lowest BCUT2D eigenvalue weighted by molar-refractivity contribution is -0.118. The van der Waals surface area contributed by atoms with E-state index in [0.717, 1.165) is 16.9 Å². The van der Waals surface area contributed by atoms with Crippen LogP contribution in [0, 0.1) is 13.8 Å². The molecular weight excluding hydrogens is 382 g/mol. The number of nitrogens with one attached hydrogen (secondary N) is 1. The highest BCUT2D eigenvalue weighted by Gasteiger charge is 2.30. The molecule has 1 aromatic heterocycles. The number of aryl methyl sites for hydroxylation is 2. The van der Waals surface area contributed by atoms with Crippen LogP contribution in [0.3, 0.4) is 0 Å². The lowest BCUT2D eigenvalue weighted by Crippen LogP contribution is -2.25. The summed E-state index contributed by atoms with van der Waals surface area (Å²) in [6.45, 7) is 4.10. The van der Waals surface area contributed by atoms with Gasteiger partial charge in [0.25, 0.3) is 0 Å². The zero-order valence-electron chi connectivity index (χ0n) is 16.3. The van der Waals surface area contributed by atoms with Gasteiger partial charge in [-0.2, -0.15) is 5.10 Å².